The predicted octanol–water partition coefficient (Wildman–Crippen LogP) is -0.278. The van der Waals surface area contributed by atoms with Crippen molar-refractivity contribution in [1.29, 1.82) is 0 Å². The topological polar surface area (TPSA) is 71.9 Å². The summed E-state index contributed by atoms with van der Waals surface area (Å²) in [5.41, 5.74) is 1.09. The van der Waals surface area contributed by atoms with Gasteiger partial charge >= 0.3 is 6.03 Å². The number of benzene rings is 1. The molecule has 1 atom stereocenters. The molecule has 3 amide bonds. The maximum Gasteiger partial charge on any atom is 0.321 e. The molecule has 0 saturated carbocycles. The van der Waals surface area contributed by atoms with E-state index in [0.29, 0.717) is 13.2 Å². The molecule has 1 aromatic rings. The number of ether oxygens (including phenoxy) is 1. The molecule has 0 spiro atoms. The Kier molecular flexibility index (Phi) is 6.97. The fraction of sp³-hybridized carbons (Fsp3) is 0.333. The summed E-state index contributed by atoms with van der Waals surface area (Å²) in [6, 6.07) is 7.20. The van der Waals surface area contributed by atoms with Crippen LogP contribution in [0.2, 0.25) is 0 Å². The van der Waals surface area contributed by atoms with E-state index in [-0.39, 0.29) is 12.5 Å². The average Bonchev–Trinajstić information content (AvgIpc) is 2.46. The Balaban J connectivity index is 2.43. The number of hydrogen-bond acceptors (Lipinski definition) is 3. The summed E-state index contributed by atoms with van der Waals surface area (Å²) in [5, 5.41) is 4.58. The molecule has 0 fully saturated rings. The Bertz CT molecular complexity index is 485. The van der Waals surface area contributed by atoms with Gasteiger partial charge in [0.2, 0.25) is 0 Å². The normalized spacial score (nSPS) is 11.3. The van der Waals surface area contributed by atoms with Crippen LogP contribution in [0.4, 0.5) is 4.79 Å². The Morgan fingerprint density at radius 2 is 2.00 bits per heavy atom. The molecule has 1 aromatic carbocycles. The molecule has 0 aliphatic heterocycles. The highest BCUT2D eigenvalue weighted by molar-refractivity contribution is 5.94. The Morgan fingerprint density at radius 3 is 2.57 bits per heavy atom. The molecule has 1 rings (SSSR count). The lowest BCUT2D eigenvalue weighted by atomic mass is 10.2. The van der Waals surface area contributed by atoms with Gasteiger partial charge in [0, 0.05) is 12.6 Å². The first-order chi connectivity index (χ1) is 10.0. The van der Waals surface area contributed by atoms with Gasteiger partial charge in [0.1, 0.15) is 18.9 Å². The number of quaternary nitrogens is 1. The molecule has 0 radical (unpaired) electrons. The Hall–Kier alpha value is -2.34. The largest absolute Gasteiger partial charge is 0.490 e. The van der Waals surface area contributed by atoms with E-state index in [0.717, 1.165) is 16.2 Å². The van der Waals surface area contributed by atoms with Crippen LogP contribution in [-0.4, -0.2) is 39.2 Å². The van der Waals surface area contributed by atoms with Gasteiger partial charge in [-0.1, -0.05) is 12.7 Å². The molecule has 0 saturated heterocycles. The van der Waals surface area contributed by atoms with E-state index in [2.05, 4.69) is 17.2 Å². The van der Waals surface area contributed by atoms with E-state index < -0.39 is 6.03 Å². The lowest BCUT2D eigenvalue weighted by Crippen LogP contribution is -3.09. The smallest absolute Gasteiger partial charge is 0.321 e. The van der Waals surface area contributed by atoms with E-state index in [9.17, 15) is 9.59 Å². The first-order valence-corrected chi connectivity index (χ1v) is 6.70. The van der Waals surface area contributed by atoms with Crippen LogP contribution in [0.25, 0.3) is 0 Å². The average molecular weight is 292 g/mol. The van der Waals surface area contributed by atoms with Gasteiger partial charge in [0.05, 0.1) is 7.05 Å². The fourth-order valence-electron chi connectivity index (χ4n) is 1.78. The van der Waals surface area contributed by atoms with Gasteiger partial charge in [-0.25, -0.2) is 4.79 Å². The Labute approximate surface area is 124 Å². The van der Waals surface area contributed by atoms with Gasteiger partial charge in [-0.05, 0) is 24.3 Å². The first-order valence-electron chi connectivity index (χ1n) is 6.70. The summed E-state index contributed by atoms with van der Waals surface area (Å²) in [5.74, 6) is 0.478. The standard InChI is InChI=1S/C15H21N3O3/c1-4-9-21-13-7-5-12(6-8-13)10-18(3)11-14(19)17-15(20)16-2/h4-8H,1,9-11H2,2-3H3,(H2,16,17,19,20)/p+1. The van der Waals surface area contributed by atoms with Crippen LogP contribution in [0.15, 0.2) is 36.9 Å². The second-order valence-electron chi connectivity index (χ2n) is 4.68. The minimum Gasteiger partial charge on any atom is -0.490 e. The molecular weight excluding hydrogens is 270 g/mol. The summed E-state index contributed by atoms with van der Waals surface area (Å²) in [6.45, 7) is 4.98. The van der Waals surface area contributed by atoms with Crippen LogP contribution in [0.5, 0.6) is 5.75 Å². The maximum atomic E-state index is 11.6. The quantitative estimate of drug-likeness (QED) is 0.605. The van der Waals surface area contributed by atoms with Crippen molar-refractivity contribution < 1.29 is 19.2 Å². The van der Waals surface area contributed by atoms with Crippen molar-refractivity contribution in [2.75, 3.05) is 27.2 Å². The molecule has 21 heavy (non-hydrogen) atoms. The zero-order valence-electron chi connectivity index (χ0n) is 12.4. The monoisotopic (exact) mass is 292 g/mol. The molecule has 1 unspecified atom stereocenters. The highest BCUT2D eigenvalue weighted by atomic mass is 16.5. The van der Waals surface area contributed by atoms with Crippen molar-refractivity contribution in [1.82, 2.24) is 10.6 Å². The molecule has 114 valence electrons. The highest BCUT2D eigenvalue weighted by Gasteiger charge is 2.12. The number of urea groups is 1. The third-order valence-electron chi connectivity index (χ3n) is 2.74. The lowest BCUT2D eigenvalue weighted by molar-refractivity contribution is -0.885. The molecule has 0 aromatic heterocycles. The maximum absolute atomic E-state index is 11.6. The minimum atomic E-state index is -0.489. The number of imide groups is 1. The molecule has 6 nitrogen and oxygen atoms in total. The van der Waals surface area contributed by atoms with Crippen LogP contribution in [0.1, 0.15) is 5.56 Å². The van der Waals surface area contributed by atoms with Crippen molar-refractivity contribution in [3.8, 4) is 5.75 Å². The second kappa shape index (κ2) is 8.76. The van der Waals surface area contributed by atoms with Gasteiger partial charge in [0.15, 0.2) is 6.54 Å². The highest BCUT2D eigenvalue weighted by Crippen LogP contribution is 2.11. The molecule has 3 N–H and O–H groups in total. The van der Waals surface area contributed by atoms with Crippen molar-refractivity contribution in [3.05, 3.63) is 42.5 Å². The first kappa shape index (κ1) is 16.7. The van der Waals surface area contributed by atoms with Crippen LogP contribution in [-0.2, 0) is 11.3 Å². The van der Waals surface area contributed by atoms with E-state index >= 15 is 0 Å². The van der Waals surface area contributed by atoms with Gasteiger partial charge < -0.3 is 15.0 Å². The van der Waals surface area contributed by atoms with Gasteiger partial charge in [-0.15, -0.1) is 0 Å². The third kappa shape index (κ3) is 6.58. The van der Waals surface area contributed by atoms with Crippen molar-refractivity contribution in [2.45, 2.75) is 6.54 Å². The summed E-state index contributed by atoms with van der Waals surface area (Å²) >= 11 is 0. The van der Waals surface area contributed by atoms with Crippen LogP contribution >= 0.6 is 0 Å². The van der Waals surface area contributed by atoms with E-state index in [1.54, 1.807) is 6.08 Å². The van der Waals surface area contributed by atoms with Crippen molar-refractivity contribution >= 4 is 11.9 Å². The summed E-state index contributed by atoms with van der Waals surface area (Å²) in [6.07, 6.45) is 1.69. The molecule has 0 heterocycles. The molecular formula is C15H22N3O3+. The lowest BCUT2D eigenvalue weighted by Gasteiger charge is -2.13. The predicted molar refractivity (Wildman–Crippen MR) is 80.2 cm³/mol. The van der Waals surface area contributed by atoms with Crippen LogP contribution in [0, 0.1) is 0 Å². The fourth-order valence-corrected chi connectivity index (χ4v) is 1.78. The van der Waals surface area contributed by atoms with Gasteiger partial charge in [0.25, 0.3) is 5.91 Å². The molecule has 6 heteroatoms. The van der Waals surface area contributed by atoms with E-state index in [4.69, 9.17) is 4.74 Å². The van der Waals surface area contributed by atoms with Crippen LogP contribution in [0.3, 0.4) is 0 Å². The van der Waals surface area contributed by atoms with Gasteiger partial charge in [-0.3, -0.25) is 10.1 Å². The number of carbonyl (C=O) groups is 2. The Morgan fingerprint density at radius 1 is 1.33 bits per heavy atom. The number of hydrogen-bond donors (Lipinski definition) is 3. The number of rotatable bonds is 7. The molecule has 0 aliphatic carbocycles. The van der Waals surface area contributed by atoms with Crippen LogP contribution < -0.4 is 20.3 Å². The second-order valence-corrected chi connectivity index (χ2v) is 4.68. The zero-order chi connectivity index (χ0) is 15.7. The SMILES string of the molecule is C=CCOc1ccc(C[NH+](C)CC(=O)NC(=O)NC)cc1. The van der Waals surface area contributed by atoms with Crippen molar-refractivity contribution in [2.24, 2.45) is 0 Å². The number of carbonyl (C=O) groups excluding carboxylic acids is 2. The summed E-state index contributed by atoms with van der Waals surface area (Å²) in [7, 11) is 3.36. The molecule has 0 aliphatic rings. The third-order valence-corrected chi connectivity index (χ3v) is 2.74. The number of likely N-dealkylation sites (N-methyl/N-ethyl adjacent to an activating group) is 1. The number of nitrogens with one attached hydrogen (secondary N) is 3. The number of amides is 3. The summed E-state index contributed by atoms with van der Waals surface area (Å²) in [4.78, 5) is 23.6. The minimum absolute atomic E-state index is 0.224. The van der Waals surface area contributed by atoms with Crippen molar-refractivity contribution in [3.63, 3.8) is 0 Å². The molecule has 0 bridgehead atoms. The van der Waals surface area contributed by atoms with Gasteiger partial charge in [-0.2, -0.15) is 0 Å². The zero-order valence-corrected chi connectivity index (χ0v) is 12.4. The van der Waals surface area contributed by atoms with E-state index in [1.807, 2.05) is 31.3 Å². The van der Waals surface area contributed by atoms with E-state index in [1.165, 1.54) is 7.05 Å². The summed E-state index contributed by atoms with van der Waals surface area (Å²) < 4.78 is 5.40.